The zero-order valence-corrected chi connectivity index (χ0v) is 18.1. The van der Waals surface area contributed by atoms with Crippen molar-refractivity contribution in [2.45, 2.75) is 31.3 Å². The SMILES string of the molecule is C#CCOc1ccc2c(c1)[C@H](c1ccc(F)cc1)N(C(=O)NC1CN3CCC1CC3)CC2. The van der Waals surface area contributed by atoms with E-state index in [4.69, 9.17) is 11.2 Å². The third kappa shape index (κ3) is 4.05. The van der Waals surface area contributed by atoms with Crippen LogP contribution < -0.4 is 10.1 Å². The first-order valence-corrected chi connectivity index (χ1v) is 11.4. The topological polar surface area (TPSA) is 44.8 Å². The first-order chi connectivity index (χ1) is 15.6. The van der Waals surface area contributed by atoms with Gasteiger partial charge in [0.1, 0.15) is 18.2 Å². The molecule has 6 heteroatoms. The number of benzene rings is 2. The van der Waals surface area contributed by atoms with E-state index < -0.39 is 0 Å². The van der Waals surface area contributed by atoms with Crippen molar-refractivity contribution in [3.63, 3.8) is 0 Å². The smallest absolute Gasteiger partial charge is 0.318 e. The predicted octanol–water partition coefficient (Wildman–Crippen LogP) is 3.59. The summed E-state index contributed by atoms with van der Waals surface area (Å²) >= 11 is 0. The summed E-state index contributed by atoms with van der Waals surface area (Å²) in [6.45, 7) is 3.97. The van der Waals surface area contributed by atoms with Gasteiger partial charge in [-0.3, -0.25) is 0 Å². The number of ether oxygens (including phenoxy) is 1. The summed E-state index contributed by atoms with van der Waals surface area (Å²) in [7, 11) is 0. The number of carbonyl (C=O) groups is 1. The minimum Gasteiger partial charge on any atom is -0.481 e. The van der Waals surface area contributed by atoms with E-state index in [0.717, 1.165) is 50.0 Å². The van der Waals surface area contributed by atoms with Gasteiger partial charge in [0.15, 0.2) is 0 Å². The van der Waals surface area contributed by atoms with Crippen LogP contribution in [-0.2, 0) is 6.42 Å². The van der Waals surface area contributed by atoms with Crippen molar-refractivity contribution >= 4 is 6.03 Å². The molecule has 4 aliphatic rings. The van der Waals surface area contributed by atoms with Gasteiger partial charge in [-0.05, 0) is 79.2 Å². The second-order valence-electron chi connectivity index (χ2n) is 8.94. The van der Waals surface area contributed by atoms with Gasteiger partial charge in [0.2, 0.25) is 0 Å². The van der Waals surface area contributed by atoms with Crippen molar-refractivity contribution in [2.75, 3.05) is 32.8 Å². The summed E-state index contributed by atoms with van der Waals surface area (Å²) in [5.41, 5.74) is 3.05. The summed E-state index contributed by atoms with van der Waals surface area (Å²) in [6.07, 6.45) is 8.40. The number of hydrogen-bond donors (Lipinski definition) is 1. The zero-order chi connectivity index (χ0) is 22.1. The van der Waals surface area contributed by atoms with Gasteiger partial charge in [-0.2, -0.15) is 0 Å². The lowest BCUT2D eigenvalue weighted by Crippen LogP contribution is -2.59. The lowest BCUT2D eigenvalue weighted by molar-refractivity contribution is 0.0715. The summed E-state index contributed by atoms with van der Waals surface area (Å²) in [4.78, 5) is 17.8. The lowest BCUT2D eigenvalue weighted by atomic mass is 9.84. The molecule has 1 N–H and O–H groups in total. The van der Waals surface area contributed by atoms with Gasteiger partial charge >= 0.3 is 6.03 Å². The third-order valence-corrected chi connectivity index (χ3v) is 7.08. The zero-order valence-electron chi connectivity index (χ0n) is 18.1. The van der Waals surface area contributed by atoms with Crippen molar-refractivity contribution in [1.82, 2.24) is 15.1 Å². The van der Waals surface area contributed by atoms with Gasteiger partial charge in [0, 0.05) is 19.1 Å². The maximum Gasteiger partial charge on any atom is 0.318 e. The van der Waals surface area contributed by atoms with E-state index in [0.29, 0.717) is 18.2 Å². The molecular formula is C26H28FN3O2. The molecule has 2 bridgehead atoms. The van der Waals surface area contributed by atoms with E-state index in [1.807, 2.05) is 23.1 Å². The molecule has 0 aromatic heterocycles. The highest BCUT2D eigenvalue weighted by molar-refractivity contribution is 5.76. The molecule has 166 valence electrons. The number of amides is 2. The second kappa shape index (κ2) is 8.84. The van der Waals surface area contributed by atoms with Gasteiger partial charge in [-0.1, -0.05) is 24.1 Å². The molecule has 0 spiro atoms. The first kappa shape index (κ1) is 20.8. The Bertz CT molecular complexity index is 1020. The maximum atomic E-state index is 13.7. The summed E-state index contributed by atoms with van der Waals surface area (Å²) in [6, 6.07) is 12.2. The number of fused-ring (bicyclic) bond motifs is 4. The van der Waals surface area contributed by atoms with E-state index in [9.17, 15) is 9.18 Å². The molecule has 32 heavy (non-hydrogen) atoms. The Kier molecular flexibility index (Phi) is 5.75. The van der Waals surface area contributed by atoms with Gasteiger partial charge < -0.3 is 19.9 Å². The molecule has 0 saturated carbocycles. The average Bonchev–Trinajstić information content (AvgIpc) is 2.83. The van der Waals surface area contributed by atoms with Crippen LogP contribution in [0.15, 0.2) is 42.5 Å². The van der Waals surface area contributed by atoms with Crippen LogP contribution in [0.5, 0.6) is 5.75 Å². The standard InChI is InChI=1S/C26H28FN3O2/c1-2-15-32-22-8-5-18-11-14-30(25(23(18)16-22)20-3-6-21(27)7-4-20)26(31)28-24-17-29-12-9-19(24)10-13-29/h1,3-8,16,19,24-25H,9-15,17H2,(H,28,31)/t24?,25-/m0/s1. The highest BCUT2D eigenvalue weighted by Gasteiger charge is 2.38. The van der Waals surface area contributed by atoms with E-state index in [2.05, 4.69) is 16.1 Å². The Morgan fingerprint density at radius 3 is 2.62 bits per heavy atom. The highest BCUT2D eigenvalue weighted by atomic mass is 19.1. The fraction of sp³-hybridized carbons (Fsp3) is 0.423. The summed E-state index contributed by atoms with van der Waals surface area (Å²) in [5.74, 6) is 3.42. The molecule has 2 atom stereocenters. The first-order valence-electron chi connectivity index (χ1n) is 11.4. The van der Waals surface area contributed by atoms with Gasteiger partial charge in [-0.25, -0.2) is 9.18 Å². The van der Waals surface area contributed by atoms with Crippen molar-refractivity contribution in [2.24, 2.45) is 5.92 Å². The second-order valence-corrected chi connectivity index (χ2v) is 8.94. The fourth-order valence-electron chi connectivity index (χ4n) is 5.40. The van der Waals surface area contributed by atoms with E-state index >= 15 is 0 Å². The molecule has 1 unspecified atom stereocenters. The van der Waals surface area contributed by atoms with Crippen molar-refractivity contribution in [3.8, 4) is 18.1 Å². The molecular weight excluding hydrogens is 405 g/mol. The number of urea groups is 1. The van der Waals surface area contributed by atoms with E-state index in [1.165, 1.54) is 17.7 Å². The number of carbonyl (C=O) groups excluding carboxylic acids is 1. The molecule has 2 aromatic carbocycles. The Balaban J connectivity index is 1.45. The van der Waals surface area contributed by atoms with Crippen molar-refractivity contribution < 1.29 is 13.9 Å². The molecule has 5 nitrogen and oxygen atoms in total. The predicted molar refractivity (Wildman–Crippen MR) is 121 cm³/mol. The Hall–Kier alpha value is -3.04. The van der Waals surface area contributed by atoms with Gasteiger partial charge in [0.25, 0.3) is 0 Å². The molecule has 6 rings (SSSR count). The van der Waals surface area contributed by atoms with E-state index in [1.54, 1.807) is 12.1 Å². The van der Waals surface area contributed by atoms with Crippen LogP contribution >= 0.6 is 0 Å². The van der Waals surface area contributed by atoms with Gasteiger partial charge in [0.05, 0.1) is 6.04 Å². The third-order valence-electron chi connectivity index (χ3n) is 7.08. The Morgan fingerprint density at radius 2 is 1.94 bits per heavy atom. The number of halogens is 1. The van der Waals surface area contributed by atoms with Crippen LogP contribution in [-0.4, -0.2) is 54.7 Å². The number of terminal acetylenes is 1. The van der Waals surface area contributed by atoms with Crippen LogP contribution in [0.3, 0.4) is 0 Å². The molecule has 4 aliphatic heterocycles. The number of hydrogen-bond acceptors (Lipinski definition) is 3. The molecule has 3 saturated heterocycles. The largest absolute Gasteiger partial charge is 0.481 e. The quantitative estimate of drug-likeness (QED) is 0.750. The summed E-state index contributed by atoms with van der Waals surface area (Å²) < 4.78 is 19.3. The van der Waals surface area contributed by atoms with Gasteiger partial charge in [-0.15, -0.1) is 6.42 Å². The van der Waals surface area contributed by atoms with Crippen LogP contribution in [0.2, 0.25) is 0 Å². The molecule has 2 amide bonds. The molecule has 4 heterocycles. The monoisotopic (exact) mass is 433 g/mol. The number of rotatable bonds is 4. The minimum atomic E-state index is -0.310. The molecule has 3 fully saturated rings. The number of nitrogens with zero attached hydrogens (tertiary/aromatic N) is 2. The maximum absolute atomic E-state index is 13.7. The minimum absolute atomic E-state index is 0.0568. The van der Waals surface area contributed by atoms with Crippen LogP contribution in [0.4, 0.5) is 9.18 Å². The van der Waals surface area contributed by atoms with Crippen molar-refractivity contribution in [1.29, 1.82) is 0 Å². The van der Waals surface area contributed by atoms with Crippen LogP contribution in [0, 0.1) is 24.1 Å². The Labute approximate surface area is 188 Å². The molecule has 0 aliphatic carbocycles. The number of nitrogens with one attached hydrogen (secondary N) is 1. The summed E-state index contributed by atoms with van der Waals surface area (Å²) in [5, 5.41) is 3.32. The lowest BCUT2D eigenvalue weighted by Gasteiger charge is -2.46. The van der Waals surface area contributed by atoms with Crippen LogP contribution in [0.25, 0.3) is 0 Å². The van der Waals surface area contributed by atoms with Crippen LogP contribution in [0.1, 0.15) is 35.6 Å². The number of piperidine rings is 3. The van der Waals surface area contributed by atoms with Crippen molar-refractivity contribution in [3.05, 3.63) is 65.0 Å². The average molecular weight is 434 g/mol. The highest BCUT2D eigenvalue weighted by Crippen LogP contribution is 2.38. The molecule has 2 aromatic rings. The molecule has 0 radical (unpaired) electrons. The Morgan fingerprint density at radius 1 is 1.16 bits per heavy atom. The fourth-order valence-corrected chi connectivity index (χ4v) is 5.40. The normalized spacial score (nSPS) is 26.2. The van der Waals surface area contributed by atoms with E-state index in [-0.39, 0.29) is 30.5 Å².